The zero-order valence-corrected chi connectivity index (χ0v) is 14.9. The first-order valence-corrected chi connectivity index (χ1v) is 8.17. The van der Waals surface area contributed by atoms with Gasteiger partial charge in [-0.25, -0.2) is 9.48 Å². The van der Waals surface area contributed by atoms with Crippen LogP contribution in [0.1, 0.15) is 33.6 Å². The highest BCUT2D eigenvalue weighted by Gasteiger charge is 2.31. The van der Waals surface area contributed by atoms with E-state index in [2.05, 4.69) is 10.4 Å². The molecule has 1 aromatic rings. The van der Waals surface area contributed by atoms with E-state index >= 15 is 0 Å². The van der Waals surface area contributed by atoms with Crippen molar-refractivity contribution in [3.05, 3.63) is 16.3 Å². The van der Waals surface area contributed by atoms with Crippen LogP contribution >= 0.6 is 0 Å². The lowest BCUT2D eigenvalue weighted by Crippen LogP contribution is -2.45. The van der Waals surface area contributed by atoms with E-state index in [1.54, 1.807) is 27.8 Å². The van der Waals surface area contributed by atoms with Gasteiger partial charge in [0.25, 0.3) is 0 Å². The Balaban J connectivity index is 2.07. The maximum absolute atomic E-state index is 11.9. The number of carbonyl (C=O) groups excluding carboxylic acids is 1. The number of aliphatic hydroxyl groups excluding tert-OH is 1. The van der Waals surface area contributed by atoms with E-state index in [0.29, 0.717) is 31.7 Å². The van der Waals surface area contributed by atoms with Crippen LogP contribution in [0.2, 0.25) is 0 Å². The second-order valence-electron chi connectivity index (χ2n) is 7.12. The first-order chi connectivity index (χ1) is 11.6. The van der Waals surface area contributed by atoms with Crippen molar-refractivity contribution in [3.8, 4) is 0 Å². The maximum atomic E-state index is 11.9. The highest BCUT2D eigenvalue weighted by molar-refractivity contribution is 5.68. The van der Waals surface area contributed by atoms with Crippen LogP contribution in [0.25, 0.3) is 0 Å². The van der Waals surface area contributed by atoms with Gasteiger partial charge in [0.15, 0.2) is 0 Å². The molecular weight excluding hydrogens is 330 g/mol. The molecule has 2 rings (SSSR count). The molecule has 1 fully saturated rings. The summed E-state index contributed by atoms with van der Waals surface area (Å²) in [4.78, 5) is 24.4. The summed E-state index contributed by atoms with van der Waals surface area (Å²) in [7, 11) is 1.64. The summed E-state index contributed by atoms with van der Waals surface area (Å²) >= 11 is 0. The zero-order valence-electron chi connectivity index (χ0n) is 14.9. The number of anilines is 1. The van der Waals surface area contributed by atoms with Gasteiger partial charge in [-0.3, -0.25) is 10.1 Å². The minimum Gasteiger partial charge on any atom is -0.444 e. The number of hydrogen-bond acceptors (Lipinski definition) is 7. The fourth-order valence-corrected chi connectivity index (χ4v) is 2.84. The topological polar surface area (TPSA) is 123 Å². The van der Waals surface area contributed by atoms with Crippen molar-refractivity contribution in [2.24, 2.45) is 7.05 Å². The maximum Gasteiger partial charge on any atom is 0.407 e. The number of carbonyl (C=O) groups is 1. The van der Waals surface area contributed by atoms with Crippen molar-refractivity contribution in [1.29, 1.82) is 0 Å². The van der Waals surface area contributed by atoms with E-state index in [-0.39, 0.29) is 5.69 Å². The SMILES string of the molecule is Cn1ncc([N+](=O)[O-])c1N1CC[C@H](O)[C@H](NC(=O)OC(C)(C)C)CC1. The normalized spacial score (nSPS) is 21.6. The minimum absolute atomic E-state index is 0.0736. The number of rotatable bonds is 3. The number of nitrogens with zero attached hydrogens (tertiary/aromatic N) is 4. The molecule has 25 heavy (non-hydrogen) atoms. The monoisotopic (exact) mass is 355 g/mol. The van der Waals surface area contributed by atoms with Gasteiger partial charge in [0.05, 0.1) is 17.1 Å². The van der Waals surface area contributed by atoms with Crippen LogP contribution in [-0.2, 0) is 11.8 Å². The van der Waals surface area contributed by atoms with Crippen molar-refractivity contribution >= 4 is 17.6 Å². The third kappa shape index (κ3) is 4.81. The van der Waals surface area contributed by atoms with Crippen molar-refractivity contribution in [2.45, 2.75) is 51.4 Å². The van der Waals surface area contributed by atoms with Gasteiger partial charge >= 0.3 is 11.8 Å². The minimum atomic E-state index is -0.759. The number of amides is 1. The van der Waals surface area contributed by atoms with Crippen LogP contribution in [0.15, 0.2) is 6.20 Å². The van der Waals surface area contributed by atoms with Gasteiger partial charge in [-0.1, -0.05) is 0 Å². The predicted octanol–water partition coefficient (Wildman–Crippen LogP) is 1.18. The molecule has 1 aliphatic heterocycles. The van der Waals surface area contributed by atoms with Gasteiger partial charge in [-0.2, -0.15) is 5.10 Å². The quantitative estimate of drug-likeness (QED) is 0.616. The third-order valence-corrected chi connectivity index (χ3v) is 3.96. The molecule has 2 N–H and O–H groups in total. The van der Waals surface area contributed by atoms with Gasteiger partial charge in [-0.15, -0.1) is 0 Å². The number of aliphatic hydroxyl groups is 1. The summed E-state index contributed by atoms with van der Waals surface area (Å²) in [6, 6.07) is -0.480. The van der Waals surface area contributed by atoms with Gasteiger partial charge in [-0.05, 0) is 33.6 Å². The van der Waals surface area contributed by atoms with Crippen LogP contribution in [0.4, 0.5) is 16.3 Å². The summed E-state index contributed by atoms with van der Waals surface area (Å²) in [5.74, 6) is 0.398. The molecule has 0 bridgehead atoms. The lowest BCUT2D eigenvalue weighted by atomic mass is 10.1. The summed E-state index contributed by atoms with van der Waals surface area (Å²) in [6.45, 7) is 6.16. The Morgan fingerprint density at radius 3 is 2.68 bits per heavy atom. The smallest absolute Gasteiger partial charge is 0.407 e. The molecule has 10 heteroatoms. The summed E-state index contributed by atoms with van der Waals surface area (Å²) < 4.78 is 6.67. The Kier molecular flexibility index (Phi) is 5.51. The molecule has 1 aromatic heterocycles. The van der Waals surface area contributed by atoms with Crippen molar-refractivity contribution in [1.82, 2.24) is 15.1 Å². The number of alkyl carbamates (subject to hydrolysis) is 1. The predicted molar refractivity (Wildman–Crippen MR) is 90.5 cm³/mol. The first kappa shape index (κ1) is 19.0. The molecule has 2 atom stereocenters. The standard InChI is InChI=1S/C15H25N5O5/c1-15(2,3)25-14(22)17-10-5-7-19(8-6-12(10)21)13-11(20(23)24)9-16-18(13)4/h9-10,12,21H,5-8H2,1-4H3,(H,17,22)/t10-,12+/m1/s1. The molecule has 140 valence electrons. The van der Waals surface area contributed by atoms with Crippen LogP contribution < -0.4 is 10.2 Å². The molecule has 0 saturated carbocycles. The van der Waals surface area contributed by atoms with Crippen molar-refractivity contribution < 1.29 is 19.6 Å². The van der Waals surface area contributed by atoms with Gasteiger partial charge < -0.3 is 20.1 Å². The van der Waals surface area contributed by atoms with Gasteiger partial charge in [0.2, 0.25) is 5.82 Å². The Labute approximate surface area is 145 Å². The van der Waals surface area contributed by atoms with Crippen LogP contribution in [0.5, 0.6) is 0 Å². The van der Waals surface area contributed by atoms with E-state index in [1.807, 2.05) is 4.90 Å². The fourth-order valence-electron chi connectivity index (χ4n) is 2.84. The van der Waals surface area contributed by atoms with Gasteiger partial charge in [0.1, 0.15) is 11.8 Å². The van der Waals surface area contributed by atoms with E-state index in [0.717, 1.165) is 0 Å². The molecule has 1 aliphatic rings. The van der Waals surface area contributed by atoms with Crippen molar-refractivity contribution in [2.75, 3.05) is 18.0 Å². The number of nitrogens with one attached hydrogen (secondary N) is 1. The second kappa shape index (κ2) is 7.26. The molecule has 2 heterocycles. The second-order valence-corrected chi connectivity index (χ2v) is 7.12. The molecule has 0 radical (unpaired) electrons. The van der Waals surface area contributed by atoms with E-state index < -0.39 is 28.8 Å². The average Bonchev–Trinajstić information content (AvgIpc) is 2.77. The first-order valence-electron chi connectivity index (χ1n) is 8.17. The lowest BCUT2D eigenvalue weighted by molar-refractivity contribution is -0.384. The molecule has 0 aromatic carbocycles. The number of hydrogen-bond donors (Lipinski definition) is 2. The summed E-state index contributed by atoms with van der Waals surface area (Å²) in [5.41, 5.74) is -0.697. The number of nitro groups is 1. The van der Waals surface area contributed by atoms with Crippen LogP contribution in [0.3, 0.4) is 0 Å². The van der Waals surface area contributed by atoms with Crippen LogP contribution in [-0.4, -0.2) is 56.7 Å². The fraction of sp³-hybridized carbons (Fsp3) is 0.733. The van der Waals surface area contributed by atoms with Gasteiger partial charge in [0, 0.05) is 20.1 Å². The largest absolute Gasteiger partial charge is 0.444 e. The number of aryl methyl sites for hydroxylation is 1. The summed E-state index contributed by atoms with van der Waals surface area (Å²) in [5, 5.41) is 28.1. The number of ether oxygens (including phenoxy) is 1. The number of aromatic nitrogens is 2. The Bertz CT molecular complexity index is 639. The lowest BCUT2D eigenvalue weighted by Gasteiger charge is -2.25. The summed E-state index contributed by atoms with van der Waals surface area (Å²) in [6.07, 6.45) is 0.667. The molecule has 10 nitrogen and oxygen atoms in total. The Morgan fingerprint density at radius 1 is 1.44 bits per heavy atom. The van der Waals surface area contributed by atoms with E-state index in [9.17, 15) is 20.0 Å². The zero-order chi connectivity index (χ0) is 18.8. The Hall–Kier alpha value is -2.36. The third-order valence-electron chi connectivity index (χ3n) is 3.96. The Morgan fingerprint density at radius 2 is 2.08 bits per heavy atom. The molecule has 1 amide bonds. The molecule has 0 spiro atoms. The molecular formula is C15H25N5O5. The molecule has 1 saturated heterocycles. The highest BCUT2D eigenvalue weighted by atomic mass is 16.6. The molecule has 0 unspecified atom stereocenters. The van der Waals surface area contributed by atoms with Crippen LogP contribution in [0, 0.1) is 10.1 Å². The molecule has 0 aliphatic carbocycles. The highest BCUT2D eigenvalue weighted by Crippen LogP contribution is 2.29. The average molecular weight is 355 g/mol. The van der Waals surface area contributed by atoms with Crippen molar-refractivity contribution in [3.63, 3.8) is 0 Å². The van der Waals surface area contributed by atoms with E-state index in [1.165, 1.54) is 10.9 Å². The van der Waals surface area contributed by atoms with E-state index in [4.69, 9.17) is 4.74 Å².